The predicted octanol–water partition coefficient (Wildman–Crippen LogP) is 2.13. The van der Waals surface area contributed by atoms with E-state index in [1.54, 1.807) is 4.90 Å². The maximum absolute atomic E-state index is 12.2. The quantitative estimate of drug-likeness (QED) is 0.745. The molecule has 5 nitrogen and oxygen atoms in total. The van der Waals surface area contributed by atoms with Crippen molar-refractivity contribution in [3.05, 3.63) is 0 Å². The number of hydrogen-bond acceptors (Lipinski definition) is 4. The van der Waals surface area contributed by atoms with Crippen LogP contribution in [0.5, 0.6) is 0 Å². The minimum Gasteiger partial charge on any atom is -0.458 e. The molecule has 116 valence electrons. The molecule has 0 aromatic heterocycles. The maximum Gasteiger partial charge on any atom is 0.329 e. The summed E-state index contributed by atoms with van der Waals surface area (Å²) in [5.74, 6) is -0.465. The standard InChI is InChI=1S/C15H27NO4/c1-14(2,3)19-10-12(17)16-9-7-8-11(16)13(18)20-15(4,5)6/h11H,7-10H2,1-6H3/t11-/m1/s1. The summed E-state index contributed by atoms with van der Waals surface area (Å²) in [5.41, 5.74) is -0.896. The first-order chi connectivity index (χ1) is 8.99. The van der Waals surface area contributed by atoms with Gasteiger partial charge in [0.2, 0.25) is 5.91 Å². The van der Waals surface area contributed by atoms with E-state index in [0.717, 1.165) is 6.42 Å². The third kappa shape index (κ3) is 5.49. The first-order valence-corrected chi connectivity index (χ1v) is 7.16. The molecule has 0 saturated carbocycles. The third-order valence-electron chi connectivity index (χ3n) is 2.88. The number of ether oxygens (including phenoxy) is 2. The van der Waals surface area contributed by atoms with Crippen LogP contribution in [0, 0.1) is 0 Å². The highest BCUT2D eigenvalue weighted by atomic mass is 16.6. The van der Waals surface area contributed by atoms with Gasteiger partial charge >= 0.3 is 5.97 Å². The van der Waals surface area contributed by atoms with Gasteiger partial charge in [-0.1, -0.05) is 0 Å². The number of likely N-dealkylation sites (tertiary alicyclic amines) is 1. The smallest absolute Gasteiger partial charge is 0.329 e. The number of hydrogen-bond donors (Lipinski definition) is 0. The number of nitrogens with zero attached hydrogens (tertiary/aromatic N) is 1. The minimum atomic E-state index is -0.531. The van der Waals surface area contributed by atoms with Crippen LogP contribution in [-0.2, 0) is 19.1 Å². The van der Waals surface area contributed by atoms with Crippen molar-refractivity contribution in [2.45, 2.75) is 71.6 Å². The SMILES string of the molecule is CC(C)(C)OCC(=O)N1CCC[C@@H]1C(=O)OC(C)(C)C. The van der Waals surface area contributed by atoms with Crippen LogP contribution in [0.2, 0.25) is 0 Å². The van der Waals surface area contributed by atoms with Gasteiger partial charge in [-0.05, 0) is 54.4 Å². The Bertz CT molecular complexity index is 365. The Morgan fingerprint density at radius 3 is 2.20 bits per heavy atom. The molecule has 0 unspecified atom stereocenters. The average Bonchev–Trinajstić information content (AvgIpc) is 2.71. The van der Waals surface area contributed by atoms with Crippen LogP contribution in [0.15, 0.2) is 0 Å². The topological polar surface area (TPSA) is 55.8 Å². The van der Waals surface area contributed by atoms with Crippen LogP contribution in [0.3, 0.4) is 0 Å². The van der Waals surface area contributed by atoms with Crippen LogP contribution in [0.25, 0.3) is 0 Å². The Morgan fingerprint density at radius 1 is 1.10 bits per heavy atom. The largest absolute Gasteiger partial charge is 0.458 e. The monoisotopic (exact) mass is 285 g/mol. The second-order valence-corrected chi connectivity index (χ2v) is 7.18. The van der Waals surface area contributed by atoms with Crippen molar-refractivity contribution in [3.63, 3.8) is 0 Å². The van der Waals surface area contributed by atoms with Crippen molar-refractivity contribution in [3.8, 4) is 0 Å². The average molecular weight is 285 g/mol. The lowest BCUT2D eigenvalue weighted by atomic mass is 10.1. The summed E-state index contributed by atoms with van der Waals surface area (Å²) in [6.45, 7) is 11.8. The van der Waals surface area contributed by atoms with Crippen LogP contribution >= 0.6 is 0 Å². The van der Waals surface area contributed by atoms with Crippen molar-refractivity contribution in [2.75, 3.05) is 13.2 Å². The van der Waals surface area contributed by atoms with Gasteiger partial charge in [0.1, 0.15) is 18.2 Å². The van der Waals surface area contributed by atoms with Crippen molar-refractivity contribution in [1.29, 1.82) is 0 Å². The molecule has 0 aromatic rings. The summed E-state index contributed by atoms with van der Waals surface area (Å²) in [6.07, 6.45) is 1.49. The maximum atomic E-state index is 12.2. The van der Waals surface area contributed by atoms with E-state index in [1.165, 1.54) is 0 Å². The highest BCUT2D eigenvalue weighted by Gasteiger charge is 2.37. The second kappa shape index (κ2) is 6.12. The van der Waals surface area contributed by atoms with Crippen LogP contribution in [-0.4, -0.2) is 47.2 Å². The van der Waals surface area contributed by atoms with E-state index in [0.29, 0.717) is 13.0 Å². The molecule has 1 atom stereocenters. The van der Waals surface area contributed by atoms with Gasteiger partial charge in [0.25, 0.3) is 0 Å². The lowest BCUT2D eigenvalue weighted by Crippen LogP contribution is -2.45. The first-order valence-electron chi connectivity index (χ1n) is 7.16. The van der Waals surface area contributed by atoms with Crippen LogP contribution in [0.4, 0.5) is 0 Å². The van der Waals surface area contributed by atoms with Gasteiger partial charge in [-0.25, -0.2) is 4.79 Å². The Hall–Kier alpha value is -1.10. The van der Waals surface area contributed by atoms with E-state index in [9.17, 15) is 9.59 Å². The van der Waals surface area contributed by atoms with E-state index in [1.807, 2.05) is 41.5 Å². The molecular formula is C15H27NO4. The van der Waals surface area contributed by atoms with Gasteiger partial charge in [-0.3, -0.25) is 4.79 Å². The zero-order valence-electron chi connectivity index (χ0n) is 13.5. The van der Waals surface area contributed by atoms with Gasteiger partial charge < -0.3 is 14.4 Å². The highest BCUT2D eigenvalue weighted by molar-refractivity contribution is 5.86. The van der Waals surface area contributed by atoms with E-state index < -0.39 is 11.6 Å². The molecule has 20 heavy (non-hydrogen) atoms. The van der Waals surface area contributed by atoms with Crippen molar-refractivity contribution < 1.29 is 19.1 Å². The van der Waals surface area contributed by atoms with Crippen molar-refractivity contribution in [2.24, 2.45) is 0 Å². The fraction of sp³-hybridized carbons (Fsp3) is 0.867. The van der Waals surface area contributed by atoms with Crippen molar-refractivity contribution in [1.82, 2.24) is 4.90 Å². The zero-order chi connectivity index (χ0) is 15.6. The van der Waals surface area contributed by atoms with Gasteiger partial charge in [0.15, 0.2) is 0 Å². The third-order valence-corrected chi connectivity index (χ3v) is 2.88. The van der Waals surface area contributed by atoms with Gasteiger partial charge in [-0.15, -0.1) is 0 Å². The van der Waals surface area contributed by atoms with Crippen molar-refractivity contribution >= 4 is 11.9 Å². The molecule has 0 spiro atoms. The molecule has 1 fully saturated rings. The summed E-state index contributed by atoms with van der Waals surface area (Å²) in [4.78, 5) is 25.9. The molecule has 1 rings (SSSR count). The number of carbonyl (C=O) groups is 2. The van der Waals surface area contributed by atoms with Crippen LogP contribution < -0.4 is 0 Å². The summed E-state index contributed by atoms with van der Waals surface area (Å²) < 4.78 is 10.9. The van der Waals surface area contributed by atoms with E-state index in [-0.39, 0.29) is 24.1 Å². The Labute approximate surface area is 121 Å². The van der Waals surface area contributed by atoms with E-state index in [2.05, 4.69) is 0 Å². The van der Waals surface area contributed by atoms with Gasteiger partial charge in [0.05, 0.1) is 5.60 Å². The summed E-state index contributed by atoms with van der Waals surface area (Å²) >= 11 is 0. The number of esters is 1. The zero-order valence-corrected chi connectivity index (χ0v) is 13.5. The lowest BCUT2D eigenvalue weighted by molar-refractivity contribution is -0.164. The predicted molar refractivity (Wildman–Crippen MR) is 76.3 cm³/mol. The molecule has 0 radical (unpaired) electrons. The summed E-state index contributed by atoms with van der Waals surface area (Å²) in [5, 5.41) is 0. The molecule has 1 aliphatic heterocycles. The minimum absolute atomic E-state index is 0.00278. The molecule has 0 aromatic carbocycles. The van der Waals surface area contributed by atoms with Gasteiger partial charge in [0, 0.05) is 6.54 Å². The molecular weight excluding hydrogens is 258 g/mol. The normalized spacial score (nSPS) is 20.1. The number of carbonyl (C=O) groups excluding carboxylic acids is 2. The summed E-state index contributed by atoms with van der Waals surface area (Å²) in [6, 6.07) is -0.467. The molecule has 0 aliphatic carbocycles. The molecule has 1 aliphatic rings. The summed E-state index contributed by atoms with van der Waals surface area (Å²) in [7, 11) is 0. The Morgan fingerprint density at radius 2 is 1.70 bits per heavy atom. The molecule has 0 N–H and O–H groups in total. The van der Waals surface area contributed by atoms with E-state index >= 15 is 0 Å². The molecule has 0 bridgehead atoms. The van der Waals surface area contributed by atoms with Gasteiger partial charge in [-0.2, -0.15) is 0 Å². The number of rotatable bonds is 3. The first kappa shape index (κ1) is 17.0. The second-order valence-electron chi connectivity index (χ2n) is 7.18. The molecule has 1 heterocycles. The molecule has 5 heteroatoms. The fourth-order valence-corrected chi connectivity index (χ4v) is 2.04. The highest BCUT2D eigenvalue weighted by Crippen LogP contribution is 2.21. The van der Waals surface area contributed by atoms with Crippen LogP contribution in [0.1, 0.15) is 54.4 Å². The Balaban J connectivity index is 2.60. The molecule has 1 amide bonds. The van der Waals surface area contributed by atoms with E-state index in [4.69, 9.17) is 9.47 Å². The lowest BCUT2D eigenvalue weighted by Gasteiger charge is -2.28. The Kier molecular flexibility index (Phi) is 5.19. The molecule has 1 saturated heterocycles. The fourth-order valence-electron chi connectivity index (χ4n) is 2.04. The number of amides is 1.